The molecule has 0 N–H and O–H groups in total. The van der Waals surface area contributed by atoms with E-state index in [1.165, 1.54) is 13.8 Å². The van der Waals surface area contributed by atoms with Crippen molar-refractivity contribution in [3.8, 4) is 11.1 Å². The van der Waals surface area contributed by atoms with Gasteiger partial charge >= 0.3 is 0 Å². The van der Waals surface area contributed by atoms with Gasteiger partial charge in [0.2, 0.25) is 0 Å². The molecule has 3 heteroatoms. The maximum Gasteiger partial charge on any atom is 0.194 e. The zero-order chi connectivity index (χ0) is 17.0. The summed E-state index contributed by atoms with van der Waals surface area (Å²) >= 11 is 0. The van der Waals surface area contributed by atoms with E-state index in [4.69, 9.17) is 0 Å². The number of rotatable bonds is 2. The van der Waals surface area contributed by atoms with E-state index in [2.05, 4.69) is 0 Å². The molecule has 0 bridgehead atoms. The molecule has 0 aliphatic heterocycles. The van der Waals surface area contributed by atoms with E-state index in [1.807, 2.05) is 30.3 Å². The van der Waals surface area contributed by atoms with E-state index in [-0.39, 0.29) is 17.3 Å². The third-order valence-corrected chi connectivity index (χ3v) is 4.61. The van der Waals surface area contributed by atoms with Gasteiger partial charge in [0.05, 0.1) is 0 Å². The second-order valence-corrected chi connectivity index (χ2v) is 6.13. The number of hydrogen-bond acceptors (Lipinski definition) is 3. The van der Waals surface area contributed by atoms with Crippen LogP contribution >= 0.6 is 0 Å². The van der Waals surface area contributed by atoms with Crippen molar-refractivity contribution in [2.24, 2.45) is 0 Å². The molecular formula is C21H14O3. The van der Waals surface area contributed by atoms with Crippen molar-refractivity contribution >= 4 is 28.1 Å². The van der Waals surface area contributed by atoms with Crippen molar-refractivity contribution in [3.05, 3.63) is 70.8 Å². The summed E-state index contributed by atoms with van der Waals surface area (Å²) in [5.41, 5.74) is 4.01. The largest absolute Gasteiger partial charge is 0.295 e. The standard InChI is InChI=1S/C21H14O3/c1-11(22)14-4-3-13-5-8-17-20(18(13)9-14)16-7-6-15(12(2)23)10-19(16)21(17)24/h3-10H,1-2H3. The fraction of sp³-hybridized carbons (Fsp3) is 0.0952. The Morgan fingerprint density at radius 1 is 0.708 bits per heavy atom. The Morgan fingerprint density at radius 2 is 1.29 bits per heavy atom. The quantitative estimate of drug-likeness (QED) is 0.513. The Hall–Kier alpha value is -3.07. The SMILES string of the molecule is CC(=O)c1ccc2c(c1)C(=O)c1ccc3ccc(C(C)=O)cc3c1-2. The van der Waals surface area contributed by atoms with Gasteiger partial charge in [-0.3, -0.25) is 14.4 Å². The lowest BCUT2D eigenvalue weighted by molar-refractivity contribution is 0.100. The Kier molecular flexibility index (Phi) is 3.00. The van der Waals surface area contributed by atoms with Crippen molar-refractivity contribution in [1.82, 2.24) is 0 Å². The fourth-order valence-electron chi connectivity index (χ4n) is 3.33. The molecule has 0 amide bonds. The molecule has 0 atom stereocenters. The van der Waals surface area contributed by atoms with E-state index in [1.54, 1.807) is 18.2 Å². The minimum atomic E-state index is -0.0711. The van der Waals surface area contributed by atoms with Gasteiger partial charge in [0.1, 0.15) is 0 Å². The second-order valence-electron chi connectivity index (χ2n) is 6.13. The summed E-state index contributed by atoms with van der Waals surface area (Å²) in [5, 5.41) is 1.87. The third kappa shape index (κ3) is 1.95. The molecule has 3 nitrogen and oxygen atoms in total. The third-order valence-electron chi connectivity index (χ3n) is 4.61. The van der Waals surface area contributed by atoms with Crippen LogP contribution in [0, 0.1) is 0 Å². The second kappa shape index (κ2) is 4.96. The molecule has 0 radical (unpaired) electrons. The van der Waals surface area contributed by atoms with Crippen molar-refractivity contribution < 1.29 is 14.4 Å². The van der Waals surface area contributed by atoms with Crippen molar-refractivity contribution in [2.45, 2.75) is 13.8 Å². The Bertz CT molecular complexity index is 1070. The van der Waals surface area contributed by atoms with Crippen LogP contribution in [0.5, 0.6) is 0 Å². The highest BCUT2D eigenvalue weighted by atomic mass is 16.1. The average Bonchev–Trinajstić information content (AvgIpc) is 2.87. The number of benzene rings is 3. The summed E-state index contributed by atoms with van der Waals surface area (Å²) in [5.74, 6) is -0.144. The van der Waals surface area contributed by atoms with Crippen LogP contribution in [-0.2, 0) is 0 Å². The normalized spacial score (nSPS) is 12.2. The first-order chi connectivity index (χ1) is 11.5. The van der Waals surface area contributed by atoms with Gasteiger partial charge in [-0.2, -0.15) is 0 Å². The molecule has 0 fully saturated rings. The van der Waals surface area contributed by atoms with Crippen LogP contribution in [-0.4, -0.2) is 17.3 Å². The predicted molar refractivity (Wildman–Crippen MR) is 92.8 cm³/mol. The van der Waals surface area contributed by atoms with Crippen LogP contribution in [0.25, 0.3) is 21.9 Å². The number of carbonyl (C=O) groups excluding carboxylic acids is 3. The van der Waals surface area contributed by atoms with Gasteiger partial charge in [0, 0.05) is 27.8 Å². The lowest BCUT2D eigenvalue weighted by Crippen LogP contribution is -1.98. The van der Waals surface area contributed by atoms with Gasteiger partial charge in [-0.15, -0.1) is 0 Å². The fourth-order valence-corrected chi connectivity index (χ4v) is 3.33. The van der Waals surface area contributed by atoms with Crippen molar-refractivity contribution in [2.75, 3.05) is 0 Å². The lowest BCUT2D eigenvalue weighted by Gasteiger charge is -2.08. The summed E-state index contributed by atoms with van der Waals surface area (Å²) in [6, 6.07) is 14.5. The highest BCUT2D eigenvalue weighted by Crippen LogP contribution is 2.42. The Morgan fingerprint density at radius 3 is 2.00 bits per heavy atom. The first kappa shape index (κ1) is 14.5. The van der Waals surface area contributed by atoms with Gasteiger partial charge in [-0.25, -0.2) is 0 Å². The Balaban J connectivity index is 2.07. The summed E-state index contributed by atoms with van der Waals surface area (Å²) in [7, 11) is 0. The van der Waals surface area contributed by atoms with E-state index < -0.39 is 0 Å². The van der Waals surface area contributed by atoms with Crippen LogP contribution in [0.1, 0.15) is 50.5 Å². The van der Waals surface area contributed by atoms with Crippen molar-refractivity contribution in [3.63, 3.8) is 0 Å². The smallest absolute Gasteiger partial charge is 0.194 e. The molecule has 1 aliphatic carbocycles. The molecular weight excluding hydrogens is 300 g/mol. The van der Waals surface area contributed by atoms with Gasteiger partial charge < -0.3 is 0 Å². The molecule has 0 saturated heterocycles. The number of hydrogen-bond donors (Lipinski definition) is 0. The van der Waals surface area contributed by atoms with Gasteiger partial charge in [-0.1, -0.05) is 30.3 Å². The average molecular weight is 314 g/mol. The summed E-state index contributed by atoms with van der Waals surface area (Å²) in [6.07, 6.45) is 0. The summed E-state index contributed by atoms with van der Waals surface area (Å²) in [4.78, 5) is 36.1. The topological polar surface area (TPSA) is 51.2 Å². The minimum absolute atomic E-state index is 0.00835. The number of fused-ring (bicyclic) bond motifs is 5. The maximum absolute atomic E-state index is 12.7. The Labute approximate surface area is 138 Å². The van der Waals surface area contributed by atoms with E-state index in [0.717, 1.165) is 21.9 Å². The molecule has 4 rings (SSSR count). The summed E-state index contributed by atoms with van der Waals surface area (Å²) in [6.45, 7) is 3.02. The minimum Gasteiger partial charge on any atom is -0.295 e. The highest BCUT2D eigenvalue weighted by Gasteiger charge is 2.29. The molecule has 0 unspecified atom stereocenters. The van der Waals surface area contributed by atoms with Crippen LogP contribution in [0.15, 0.2) is 48.5 Å². The van der Waals surface area contributed by atoms with Gasteiger partial charge in [0.25, 0.3) is 0 Å². The van der Waals surface area contributed by atoms with Gasteiger partial charge in [-0.05, 0) is 48.4 Å². The molecule has 1 aliphatic rings. The molecule has 24 heavy (non-hydrogen) atoms. The molecule has 0 spiro atoms. The molecule has 3 aromatic rings. The van der Waals surface area contributed by atoms with Crippen molar-refractivity contribution in [1.29, 1.82) is 0 Å². The number of carbonyl (C=O) groups is 3. The van der Waals surface area contributed by atoms with E-state index >= 15 is 0 Å². The monoisotopic (exact) mass is 314 g/mol. The first-order valence-electron chi connectivity index (χ1n) is 7.75. The summed E-state index contributed by atoms with van der Waals surface area (Å²) < 4.78 is 0. The maximum atomic E-state index is 12.7. The van der Waals surface area contributed by atoms with Crippen LogP contribution in [0.3, 0.4) is 0 Å². The lowest BCUT2D eigenvalue weighted by atomic mass is 9.95. The van der Waals surface area contributed by atoms with Gasteiger partial charge in [0.15, 0.2) is 17.3 Å². The molecule has 116 valence electrons. The van der Waals surface area contributed by atoms with E-state index in [9.17, 15) is 14.4 Å². The predicted octanol–water partition coefficient (Wildman–Crippen LogP) is 4.46. The zero-order valence-corrected chi connectivity index (χ0v) is 13.3. The molecule has 0 aromatic heterocycles. The highest BCUT2D eigenvalue weighted by molar-refractivity contribution is 6.26. The first-order valence-corrected chi connectivity index (χ1v) is 7.75. The molecule has 0 saturated carbocycles. The zero-order valence-electron chi connectivity index (χ0n) is 13.3. The molecule has 0 heterocycles. The number of ketones is 3. The van der Waals surface area contributed by atoms with Crippen LogP contribution < -0.4 is 0 Å². The number of Topliss-reactive ketones (excluding diaryl/α,β-unsaturated/α-hetero) is 2. The van der Waals surface area contributed by atoms with E-state index in [0.29, 0.717) is 22.3 Å². The van der Waals surface area contributed by atoms with Crippen LogP contribution in [0.4, 0.5) is 0 Å². The van der Waals surface area contributed by atoms with Crippen LogP contribution in [0.2, 0.25) is 0 Å². The molecule has 3 aromatic carbocycles.